The molecule has 1 N–H and O–H groups in total. The molecule has 0 bridgehead atoms. The first-order valence-corrected chi connectivity index (χ1v) is 8.38. The normalized spacial score (nSPS) is 13.6. The summed E-state index contributed by atoms with van der Waals surface area (Å²) in [4.78, 5) is 0. The van der Waals surface area contributed by atoms with Crippen LogP contribution in [0.5, 0.6) is 0 Å². The summed E-state index contributed by atoms with van der Waals surface area (Å²) >= 11 is 5.99. The van der Waals surface area contributed by atoms with Crippen molar-refractivity contribution in [3.8, 4) is 0 Å². The van der Waals surface area contributed by atoms with E-state index in [1.54, 1.807) is 0 Å². The van der Waals surface area contributed by atoms with Crippen molar-refractivity contribution in [2.24, 2.45) is 0 Å². The van der Waals surface area contributed by atoms with Gasteiger partial charge < -0.3 is 5.32 Å². The summed E-state index contributed by atoms with van der Waals surface area (Å²) in [5.41, 5.74) is 2.19. The van der Waals surface area contributed by atoms with Crippen LogP contribution in [-0.2, 0) is 9.84 Å². The first-order valence-electron chi connectivity index (χ1n) is 5.94. The molecule has 1 atom stereocenters. The molecule has 1 aromatic carbocycles. The van der Waals surface area contributed by atoms with Crippen LogP contribution in [0.15, 0.2) is 18.2 Å². The molecule has 0 fully saturated rings. The van der Waals surface area contributed by atoms with E-state index >= 15 is 0 Å². The van der Waals surface area contributed by atoms with Gasteiger partial charge in [0.25, 0.3) is 0 Å². The monoisotopic (exact) mass is 289 g/mol. The molecule has 0 aromatic heterocycles. The molecule has 0 aliphatic heterocycles. The lowest BCUT2D eigenvalue weighted by Crippen LogP contribution is -2.17. The van der Waals surface area contributed by atoms with E-state index in [0.29, 0.717) is 6.42 Å². The van der Waals surface area contributed by atoms with Crippen molar-refractivity contribution in [3.05, 3.63) is 34.3 Å². The van der Waals surface area contributed by atoms with Crippen molar-refractivity contribution in [1.82, 2.24) is 5.32 Å². The average molecular weight is 290 g/mol. The predicted octanol–water partition coefficient (Wildman–Crippen LogP) is 2.73. The summed E-state index contributed by atoms with van der Waals surface area (Å²) in [6, 6.07) is 6.08. The third kappa shape index (κ3) is 4.96. The molecule has 0 saturated carbocycles. The lowest BCUT2D eigenvalue weighted by Gasteiger charge is -2.17. The molecule has 0 amide bonds. The number of rotatable bonds is 6. The van der Waals surface area contributed by atoms with Crippen molar-refractivity contribution in [2.75, 3.05) is 19.1 Å². The minimum absolute atomic E-state index is 0.169. The van der Waals surface area contributed by atoms with Crippen LogP contribution in [0.3, 0.4) is 0 Å². The van der Waals surface area contributed by atoms with Crippen LogP contribution in [0.2, 0.25) is 5.02 Å². The van der Waals surface area contributed by atoms with Gasteiger partial charge in [-0.2, -0.15) is 0 Å². The average Bonchev–Trinajstić information content (AvgIpc) is 2.27. The number of hydrogen-bond donors (Lipinski definition) is 1. The maximum atomic E-state index is 11.1. The van der Waals surface area contributed by atoms with Gasteiger partial charge in [-0.15, -0.1) is 0 Å². The second-order valence-electron chi connectivity index (χ2n) is 4.62. The molecular formula is C13H20ClNO2S. The number of benzene rings is 1. The fourth-order valence-corrected chi connectivity index (χ4v) is 2.72. The molecule has 0 saturated heterocycles. The van der Waals surface area contributed by atoms with Crippen LogP contribution >= 0.6 is 11.6 Å². The fraction of sp³-hybridized carbons (Fsp3) is 0.538. The van der Waals surface area contributed by atoms with E-state index < -0.39 is 9.84 Å². The molecule has 102 valence electrons. The van der Waals surface area contributed by atoms with Gasteiger partial charge in [0.1, 0.15) is 9.84 Å². The second kappa shape index (κ2) is 6.55. The Labute approximate surface area is 114 Å². The molecular weight excluding hydrogens is 270 g/mol. The summed E-state index contributed by atoms with van der Waals surface area (Å²) in [6.07, 6.45) is 2.73. The highest BCUT2D eigenvalue weighted by Gasteiger charge is 2.11. The van der Waals surface area contributed by atoms with Gasteiger partial charge in [0.05, 0.1) is 0 Å². The van der Waals surface area contributed by atoms with Gasteiger partial charge >= 0.3 is 0 Å². The van der Waals surface area contributed by atoms with E-state index in [4.69, 9.17) is 11.6 Å². The van der Waals surface area contributed by atoms with Gasteiger partial charge in [-0.05, 0) is 44.0 Å². The van der Waals surface area contributed by atoms with E-state index in [1.807, 2.05) is 32.2 Å². The van der Waals surface area contributed by atoms with Crippen molar-refractivity contribution in [3.63, 3.8) is 0 Å². The van der Waals surface area contributed by atoms with Gasteiger partial charge in [-0.3, -0.25) is 0 Å². The third-order valence-corrected chi connectivity index (χ3v) is 4.40. The van der Waals surface area contributed by atoms with E-state index in [0.717, 1.165) is 22.6 Å². The quantitative estimate of drug-likeness (QED) is 0.876. The Kier molecular flexibility index (Phi) is 5.63. The summed E-state index contributed by atoms with van der Waals surface area (Å²) in [5, 5.41) is 3.97. The zero-order chi connectivity index (χ0) is 13.8. The van der Waals surface area contributed by atoms with Crippen molar-refractivity contribution in [2.45, 2.75) is 25.8 Å². The maximum absolute atomic E-state index is 11.1. The Morgan fingerprint density at radius 2 is 2.06 bits per heavy atom. The number of nitrogens with one attached hydrogen (secondary N) is 1. The van der Waals surface area contributed by atoms with E-state index in [2.05, 4.69) is 5.32 Å². The van der Waals surface area contributed by atoms with Crippen LogP contribution in [-0.4, -0.2) is 27.5 Å². The van der Waals surface area contributed by atoms with Crippen LogP contribution in [0.1, 0.15) is 30.0 Å². The smallest absolute Gasteiger partial charge is 0.147 e. The SMILES string of the molecule is CNC(CCCS(C)(=O)=O)c1ccc(Cl)c(C)c1. The largest absolute Gasteiger partial charge is 0.313 e. The first-order chi connectivity index (χ1) is 8.33. The molecule has 3 nitrogen and oxygen atoms in total. The zero-order valence-corrected chi connectivity index (χ0v) is 12.6. The Morgan fingerprint density at radius 3 is 2.56 bits per heavy atom. The van der Waals surface area contributed by atoms with Crippen LogP contribution in [0.4, 0.5) is 0 Å². The summed E-state index contributed by atoms with van der Waals surface area (Å²) in [5.74, 6) is 0.234. The summed E-state index contributed by atoms with van der Waals surface area (Å²) < 4.78 is 22.2. The molecule has 1 unspecified atom stereocenters. The topological polar surface area (TPSA) is 46.2 Å². The molecule has 0 radical (unpaired) electrons. The van der Waals surface area contributed by atoms with E-state index in [1.165, 1.54) is 6.26 Å². The highest BCUT2D eigenvalue weighted by atomic mass is 35.5. The lowest BCUT2D eigenvalue weighted by atomic mass is 10.0. The maximum Gasteiger partial charge on any atom is 0.147 e. The molecule has 0 aliphatic rings. The van der Waals surface area contributed by atoms with E-state index in [9.17, 15) is 8.42 Å². The van der Waals surface area contributed by atoms with Crippen molar-refractivity contribution in [1.29, 1.82) is 0 Å². The molecule has 5 heteroatoms. The second-order valence-corrected chi connectivity index (χ2v) is 7.29. The molecule has 0 aliphatic carbocycles. The summed E-state index contributed by atoms with van der Waals surface area (Å²) in [6.45, 7) is 1.97. The Morgan fingerprint density at radius 1 is 1.39 bits per heavy atom. The Hall–Kier alpha value is -0.580. The number of hydrogen-bond acceptors (Lipinski definition) is 3. The first kappa shape index (κ1) is 15.5. The third-order valence-electron chi connectivity index (χ3n) is 2.94. The Balaban J connectivity index is 2.68. The van der Waals surface area contributed by atoms with E-state index in [-0.39, 0.29) is 11.8 Å². The standard InChI is InChI=1S/C13H20ClNO2S/c1-10-9-11(6-7-12(10)14)13(15-2)5-4-8-18(3,16)17/h6-7,9,13,15H,4-5,8H2,1-3H3. The van der Waals surface area contributed by atoms with Gasteiger partial charge in [0.2, 0.25) is 0 Å². The zero-order valence-electron chi connectivity index (χ0n) is 11.0. The number of halogens is 1. The van der Waals surface area contributed by atoms with Crippen LogP contribution < -0.4 is 5.32 Å². The lowest BCUT2D eigenvalue weighted by molar-refractivity contribution is 0.536. The van der Waals surface area contributed by atoms with Gasteiger partial charge in [0, 0.05) is 23.1 Å². The van der Waals surface area contributed by atoms with Crippen LogP contribution in [0, 0.1) is 6.92 Å². The minimum Gasteiger partial charge on any atom is -0.313 e. The highest BCUT2D eigenvalue weighted by molar-refractivity contribution is 7.90. The van der Waals surface area contributed by atoms with Crippen molar-refractivity contribution >= 4 is 21.4 Å². The predicted molar refractivity (Wildman–Crippen MR) is 76.9 cm³/mol. The van der Waals surface area contributed by atoms with Gasteiger partial charge in [-0.25, -0.2) is 8.42 Å². The fourth-order valence-electron chi connectivity index (χ4n) is 1.91. The molecule has 1 rings (SSSR count). The number of sulfone groups is 1. The number of aryl methyl sites for hydroxylation is 1. The van der Waals surface area contributed by atoms with Crippen LogP contribution in [0.25, 0.3) is 0 Å². The molecule has 18 heavy (non-hydrogen) atoms. The Bertz CT molecular complexity index is 500. The molecule has 0 spiro atoms. The molecule has 0 heterocycles. The summed E-state index contributed by atoms with van der Waals surface area (Å²) in [7, 11) is -0.990. The highest BCUT2D eigenvalue weighted by Crippen LogP contribution is 2.23. The minimum atomic E-state index is -2.87. The molecule has 1 aromatic rings. The van der Waals surface area contributed by atoms with Gasteiger partial charge in [-0.1, -0.05) is 23.7 Å². The van der Waals surface area contributed by atoms with Gasteiger partial charge in [0.15, 0.2) is 0 Å². The van der Waals surface area contributed by atoms with Crippen molar-refractivity contribution < 1.29 is 8.42 Å².